The number of aliphatic hydroxyl groups is 2. The van der Waals surface area contributed by atoms with E-state index < -0.39 is 0 Å². The van der Waals surface area contributed by atoms with Crippen molar-refractivity contribution >= 4 is 0 Å². The molecule has 0 spiro atoms. The average molecular weight is 415 g/mol. The second kappa shape index (κ2) is 10.8. The summed E-state index contributed by atoms with van der Waals surface area (Å²) < 4.78 is 11.1. The molecular formula is C26H38O4. The summed E-state index contributed by atoms with van der Waals surface area (Å²) >= 11 is 0. The van der Waals surface area contributed by atoms with Gasteiger partial charge < -0.3 is 19.7 Å². The smallest absolute Gasteiger partial charge is 0.119 e. The van der Waals surface area contributed by atoms with Gasteiger partial charge in [0.05, 0.1) is 13.2 Å². The van der Waals surface area contributed by atoms with Crippen LogP contribution in [0.25, 0.3) is 0 Å². The summed E-state index contributed by atoms with van der Waals surface area (Å²) in [6, 6.07) is 8.24. The van der Waals surface area contributed by atoms with Crippen LogP contribution in [0.2, 0.25) is 0 Å². The van der Waals surface area contributed by atoms with Crippen molar-refractivity contribution in [2.45, 2.75) is 52.4 Å². The average Bonchev–Trinajstić information content (AvgIpc) is 2.71. The minimum absolute atomic E-state index is 0.00459. The van der Waals surface area contributed by atoms with Crippen LogP contribution in [0.5, 0.6) is 5.75 Å². The number of aliphatic hydroxyl groups excluding tert-OH is 2. The zero-order chi connectivity index (χ0) is 22.2. The van der Waals surface area contributed by atoms with Crippen LogP contribution in [0.1, 0.15) is 52.5 Å². The van der Waals surface area contributed by atoms with Crippen molar-refractivity contribution in [2.24, 2.45) is 11.3 Å². The number of rotatable bonds is 10. The lowest BCUT2D eigenvalue weighted by atomic mass is 9.55. The van der Waals surface area contributed by atoms with E-state index in [0.29, 0.717) is 12.5 Å². The van der Waals surface area contributed by atoms with Crippen molar-refractivity contribution in [1.82, 2.24) is 0 Å². The normalized spacial score (nSPS) is 24.1. The molecule has 2 unspecified atom stereocenters. The lowest BCUT2D eigenvalue weighted by Gasteiger charge is -2.49. The van der Waals surface area contributed by atoms with Gasteiger partial charge in [-0.3, -0.25) is 0 Å². The first-order valence-corrected chi connectivity index (χ1v) is 10.9. The Balaban J connectivity index is 2.38. The van der Waals surface area contributed by atoms with Crippen molar-refractivity contribution in [2.75, 3.05) is 26.4 Å². The van der Waals surface area contributed by atoms with Crippen molar-refractivity contribution < 1.29 is 19.7 Å². The van der Waals surface area contributed by atoms with Crippen molar-refractivity contribution in [3.63, 3.8) is 0 Å². The fourth-order valence-corrected chi connectivity index (χ4v) is 4.99. The molecule has 30 heavy (non-hydrogen) atoms. The van der Waals surface area contributed by atoms with Gasteiger partial charge in [0.15, 0.2) is 0 Å². The van der Waals surface area contributed by atoms with Gasteiger partial charge >= 0.3 is 0 Å². The maximum absolute atomic E-state index is 9.03. The first kappa shape index (κ1) is 24.2. The molecule has 0 aromatic heterocycles. The molecule has 2 rings (SSSR count). The van der Waals surface area contributed by atoms with Gasteiger partial charge in [-0.2, -0.15) is 0 Å². The highest BCUT2D eigenvalue weighted by Crippen LogP contribution is 2.53. The molecule has 0 heterocycles. The van der Waals surface area contributed by atoms with E-state index in [2.05, 4.69) is 45.6 Å². The quantitative estimate of drug-likeness (QED) is 0.410. The Kier molecular flexibility index (Phi) is 8.75. The van der Waals surface area contributed by atoms with E-state index in [1.165, 1.54) is 12.0 Å². The van der Waals surface area contributed by atoms with Gasteiger partial charge in [-0.25, -0.2) is 0 Å². The Bertz CT molecular complexity index is 745. The van der Waals surface area contributed by atoms with Gasteiger partial charge in [0.2, 0.25) is 0 Å². The van der Waals surface area contributed by atoms with Crippen LogP contribution in [0, 0.1) is 11.3 Å². The van der Waals surface area contributed by atoms with E-state index in [1.54, 1.807) is 0 Å². The van der Waals surface area contributed by atoms with Crippen LogP contribution < -0.4 is 4.74 Å². The molecule has 1 aliphatic carbocycles. The van der Waals surface area contributed by atoms with Crippen molar-refractivity contribution in [1.29, 1.82) is 0 Å². The Labute approximate surface area is 181 Å². The summed E-state index contributed by atoms with van der Waals surface area (Å²) in [6.45, 7) is 14.0. The first-order valence-electron chi connectivity index (χ1n) is 10.9. The van der Waals surface area contributed by atoms with Crippen LogP contribution in [0.3, 0.4) is 0 Å². The summed E-state index contributed by atoms with van der Waals surface area (Å²) in [6.07, 6.45) is 9.17. The van der Waals surface area contributed by atoms with Gasteiger partial charge in [0.1, 0.15) is 24.7 Å². The molecular weight excluding hydrogens is 376 g/mol. The molecule has 1 fully saturated rings. The molecule has 2 atom stereocenters. The molecule has 1 aromatic rings. The van der Waals surface area contributed by atoms with Crippen LogP contribution in [-0.4, -0.2) is 36.6 Å². The second-order valence-electron chi connectivity index (χ2n) is 9.15. The minimum atomic E-state index is -0.164. The molecule has 2 N–H and O–H groups in total. The fraction of sp³-hybridized carbons (Fsp3) is 0.538. The maximum Gasteiger partial charge on any atom is 0.119 e. The van der Waals surface area contributed by atoms with E-state index in [1.807, 2.05) is 31.2 Å². The van der Waals surface area contributed by atoms with Crippen molar-refractivity contribution in [3.05, 3.63) is 66.0 Å². The molecule has 1 saturated carbocycles. The third-order valence-corrected chi connectivity index (χ3v) is 5.85. The van der Waals surface area contributed by atoms with E-state index in [9.17, 15) is 0 Å². The van der Waals surface area contributed by atoms with Crippen LogP contribution >= 0.6 is 0 Å². The topological polar surface area (TPSA) is 58.9 Å². The molecule has 0 amide bonds. The second-order valence-corrected chi connectivity index (χ2v) is 9.15. The fourth-order valence-electron chi connectivity index (χ4n) is 4.99. The molecule has 0 bridgehead atoms. The summed E-state index contributed by atoms with van der Waals surface area (Å²) in [5.41, 5.74) is 2.35. The highest BCUT2D eigenvalue weighted by Gasteiger charge is 2.45. The number of hydrogen-bond donors (Lipinski definition) is 2. The van der Waals surface area contributed by atoms with Crippen molar-refractivity contribution in [3.8, 4) is 5.75 Å². The number of hydrogen-bond acceptors (Lipinski definition) is 4. The molecule has 1 aromatic carbocycles. The van der Waals surface area contributed by atoms with Crippen LogP contribution in [0.15, 0.2) is 60.4 Å². The third kappa shape index (κ3) is 6.23. The van der Waals surface area contributed by atoms with Gasteiger partial charge in [-0.05, 0) is 72.9 Å². The predicted octanol–water partition coefficient (Wildman–Crippen LogP) is 5.17. The Morgan fingerprint density at radius 2 is 1.77 bits per heavy atom. The SMILES string of the molecule is C=C(/C=C\C(=C/C)OCCO)C1(c2ccc(OCCO)cc2)CC(C)CC(C)(C)C1. The Hall–Kier alpha value is -2.04. The minimum Gasteiger partial charge on any atom is -0.492 e. The molecule has 166 valence electrons. The summed E-state index contributed by atoms with van der Waals surface area (Å²) in [5.74, 6) is 2.08. The summed E-state index contributed by atoms with van der Waals surface area (Å²) in [5, 5.41) is 18.0. The summed E-state index contributed by atoms with van der Waals surface area (Å²) in [7, 11) is 0. The Morgan fingerprint density at radius 1 is 1.10 bits per heavy atom. The standard InChI is InChI=1S/C26H38O4/c1-6-23(29-15-13-27)10-7-21(3)26(18-20(2)17-25(4,5)19-26)22-8-11-24(12-9-22)30-16-14-28/h6-12,20,27-28H,3,13-19H2,1-2,4-5H3/b10-7-,23-6+. The molecule has 1 aliphatic rings. The number of ether oxygens (including phenoxy) is 2. The molecule has 0 saturated heterocycles. The number of allylic oxidation sites excluding steroid dienone is 4. The zero-order valence-electron chi connectivity index (χ0n) is 19.0. The lowest BCUT2D eigenvalue weighted by molar-refractivity contribution is 0.126. The van der Waals surface area contributed by atoms with E-state index in [4.69, 9.17) is 19.7 Å². The van der Waals surface area contributed by atoms with Gasteiger partial charge in [-0.1, -0.05) is 45.6 Å². The van der Waals surface area contributed by atoms with E-state index in [0.717, 1.165) is 29.9 Å². The van der Waals surface area contributed by atoms with Gasteiger partial charge in [0.25, 0.3) is 0 Å². The highest BCUT2D eigenvalue weighted by atomic mass is 16.5. The van der Waals surface area contributed by atoms with Gasteiger partial charge in [-0.15, -0.1) is 0 Å². The highest BCUT2D eigenvalue weighted by molar-refractivity contribution is 5.44. The molecule has 4 heteroatoms. The summed E-state index contributed by atoms with van der Waals surface area (Å²) in [4.78, 5) is 0. The first-order chi connectivity index (χ1) is 14.3. The monoisotopic (exact) mass is 414 g/mol. The zero-order valence-corrected chi connectivity index (χ0v) is 19.0. The molecule has 0 radical (unpaired) electrons. The Morgan fingerprint density at radius 3 is 2.33 bits per heavy atom. The third-order valence-electron chi connectivity index (χ3n) is 5.85. The molecule has 0 aliphatic heterocycles. The maximum atomic E-state index is 9.03. The van der Waals surface area contributed by atoms with E-state index in [-0.39, 0.29) is 30.7 Å². The molecule has 4 nitrogen and oxygen atoms in total. The lowest BCUT2D eigenvalue weighted by Crippen LogP contribution is -2.41. The van der Waals surface area contributed by atoms with Crippen LogP contribution in [-0.2, 0) is 10.2 Å². The van der Waals surface area contributed by atoms with Gasteiger partial charge in [0, 0.05) is 5.41 Å². The largest absolute Gasteiger partial charge is 0.492 e. The van der Waals surface area contributed by atoms with E-state index >= 15 is 0 Å². The van der Waals surface area contributed by atoms with Crippen LogP contribution in [0.4, 0.5) is 0 Å². The number of benzene rings is 1. The predicted molar refractivity (Wildman–Crippen MR) is 123 cm³/mol.